The highest BCUT2D eigenvalue weighted by atomic mass is 16.6. The van der Waals surface area contributed by atoms with Gasteiger partial charge in [0.15, 0.2) is 0 Å². The number of alkyl carbamates (subject to hydrolysis) is 1. The van der Waals surface area contributed by atoms with Crippen molar-refractivity contribution >= 4 is 6.09 Å². The fourth-order valence-electron chi connectivity index (χ4n) is 1.71. The van der Waals surface area contributed by atoms with E-state index in [-0.39, 0.29) is 17.1 Å². The summed E-state index contributed by atoms with van der Waals surface area (Å²) in [4.78, 5) is 11.0. The molecule has 0 bridgehead atoms. The molecule has 68 valence electrons. The lowest BCUT2D eigenvalue weighted by Crippen LogP contribution is -2.74. The minimum atomic E-state index is -0.282. The summed E-state index contributed by atoms with van der Waals surface area (Å²) in [7, 11) is 0. The molecule has 2 N–H and O–H groups in total. The van der Waals surface area contributed by atoms with Gasteiger partial charge in [0.2, 0.25) is 0 Å². The van der Waals surface area contributed by atoms with Crippen molar-refractivity contribution in [3.8, 4) is 0 Å². The second-order valence-electron chi connectivity index (χ2n) is 4.22. The van der Waals surface area contributed by atoms with E-state index in [9.17, 15) is 4.79 Å². The molecule has 0 aromatic heterocycles. The third-order valence-corrected chi connectivity index (χ3v) is 3.02. The zero-order valence-electron chi connectivity index (χ0n) is 7.44. The summed E-state index contributed by atoms with van der Waals surface area (Å²) in [5.41, 5.74) is -0.221. The summed E-state index contributed by atoms with van der Waals surface area (Å²) in [5, 5.41) is 5.85. The molecular weight excluding hydrogens is 156 g/mol. The topological polar surface area (TPSA) is 50.4 Å². The molecule has 2 fully saturated rings. The number of amides is 1. The van der Waals surface area contributed by atoms with Crippen LogP contribution in [0.2, 0.25) is 0 Å². The quantitative estimate of drug-likeness (QED) is 0.542. The molecule has 2 aliphatic heterocycles. The van der Waals surface area contributed by atoms with E-state index in [1.165, 1.54) is 0 Å². The van der Waals surface area contributed by atoms with Gasteiger partial charge in [0.25, 0.3) is 0 Å². The number of carbonyl (C=O) groups excluding carboxylic acids is 1. The molecule has 1 spiro atoms. The zero-order chi connectivity index (χ0) is 8.82. The Kier molecular flexibility index (Phi) is 1.39. The van der Waals surface area contributed by atoms with Crippen molar-refractivity contribution < 1.29 is 9.53 Å². The van der Waals surface area contributed by atoms with Crippen LogP contribution in [0.4, 0.5) is 4.79 Å². The molecule has 2 saturated heterocycles. The van der Waals surface area contributed by atoms with Gasteiger partial charge >= 0.3 is 6.09 Å². The summed E-state index contributed by atoms with van der Waals surface area (Å²) in [5.74, 6) is 0. The van der Waals surface area contributed by atoms with E-state index in [0.717, 1.165) is 13.1 Å². The third-order valence-electron chi connectivity index (χ3n) is 3.02. The number of hydrogen-bond donors (Lipinski definition) is 2. The van der Waals surface area contributed by atoms with Crippen LogP contribution in [0.1, 0.15) is 13.8 Å². The van der Waals surface area contributed by atoms with Gasteiger partial charge in [0, 0.05) is 25.0 Å². The largest absolute Gasteiger partial charge is 0.440 e. The Balaban J connectivity index is 2.21. The Bertz CT molecular complexity index is 221. The van der Waals surface area contributed by atoms with E-state index in [2.05, 4.69) is 24.5 Å². The standard InChI is InChI=1S/C8H14N2O2/c1-7(2)3-10-6(11)12-8(7)4-9-5-8/h9H,3-5H2,1-2H3,(H,10,11). The highest BCUT2D eigenvalue weighted by Gasteiger charge is 2.55. The summed E-state index contributed by atoms with van der Waals surface area (Å²) >= 11 is 0. The van der Waals surface area contributed by atoms with Gasteiger partial charge in [-0.25, -0.2) is 4.79 Å². The predicted molar refractivity (Wildman–Crippen MR) is 43.9 cm³/mol. The first-order valence-corrected chi connectivity index (χ1v) is 4.23. The fraction of sp³-hybridized carbons (Fsp3) is 0.875. The van der Waals surface area contributed by atoms with E-state index in [0.29, 0.717) is 6.54 Å². The van der Waals surface area contributed by atoms with Crippen LogP contribution in [-0.4, -0.2) is 31.3 Å². The average Bonchev–Trinajstić information content (AvgIpc) is 1.91. The van der Waals surface area contributed by atoms with Crippen LogP contribution in [0.3, 0.4) is 0 Å². The Morgan fingerprint density at radius 2 is 2.00 bits per heavy atom. The Hall–Kier alpha value is -0.770. The van der Waals surface area contributed by atoms with Crippen LogP contribution in [0.25, 0.3) is 0 Å². The molecule has 0 aromatic carbocycles. The predicted octanol–water partition coefficient (Wildman–Crippen LogP) is 0.0944. The van der Waals surface area contributed by atoms with Crippen LogP contribution in [-0.2, 0) is 4.74 Å². The molecule has 0 atom stereocenters. The Morgan fingerprint density at radius 1 is 1.33 bits per heavy atom. The van der Waals surface area contributed by atoms with Crippen molar-refractivity contribution in [2.75, 3.05) is 19.6 Å². The lowest BCUT2D eigenvalue weighted by Gasteiger charge is -2.54. The van der Waals surface area contributed by atoms with Crippen LogP contribution < -0.4 is 10.6 Å². The Labute approximate surface area is 71.7 Å². The van der Waals surface area contributed by atoms with Crippen molar-refractivity contribution in [1.82, 2.24) is 10.6 Å². The molecule has 12 heavy (non-hydrogen) atoms. The van der Waals surface area contributed by atoms with E-state index in [1.54, 1.807) is 0 Å². The monoisotopic (exact) mass is 170 g/mol. The van der Waals surface area contributed by atoms with Crippen molar-refractivity contribution in [3.63, 3.8) is 0 Å². The number of carbonyl (C=O) groups is 1. The van der Waals surface area contributed by atoms with Gasteiger partial charge in [-0.2, -0.15) is 0 Å². The number of nitrogens with one attached hydrogen (secondary N) is 2. The summed E-state index contributed by atoms with van der Waals surface area (Å²) in [6.07, 6.45) is -0.282. The van der Waals surface area contributed by atoms with E-state index >= 15 is 0 Å². The maximum Gasteiger partial charge on any atom is 0.407 e. The van der Waals surface area contributed by atoms with E-state index in [1.807, 2.05) is 0 Å². The van der Waals surface area contributed by atoms with Crippen molar-refractivity contribution in [2.45, 2.75) is 19.4 Å². The van der Waals surface area contributed by atoms with Gasteiger partial charge in [-0.1, -0.05) is 13.8 Å². The third kappa shape index (κ3) is 0.843. The normalized spacial score (nSPS) is 30.3. The highest BCUT2D eigenvalue weighted by molar-refractivity contribution is 5.69. The number of ether oxygens (including phenoxy) is 1. The van der Waals surface area contributed by atoms with Gasteiger partial charge in [-0.3, -0.25) is 0 Å². The number of hydrogen-bond acceptors (Lipinski definition) is 3. The highest BCUT2D eigenvalue weighted by Crippen LogP contribution is 2.39. The summed E-state index contributed by atoms with van der Waals surface area (Å²) in [6.45, 7) is 6.51. The molecule has 4 nitrogen and oxygen atoms in total. The van der Waals surface area contributed by atoms with E-state index in [4.69, 9.17) is 4.74 Å². The molecule has 0 aliphatic carbocycles. The smallest absolute Gasteiger partial charge is 0.407 e. The molecular formula is C8H14N2O2. The van der Waals surface area contributed by atoms with E-state index < -0.39 is 0 Å². The lowest BCUT2D eigenvalue weighted by atomic mass is 9.70. The molecule has 0 radical (unpaired) electrons. The Morgan fingerprint density at radius 3 is 2.42 bits per heavy atom. The van der Waals surface area contributed by atoms with Crippen LogP contribution in [0.15, 0.2) is 0 Å². The summed E-state index contributed by atoms with van der Waals surface area (Å²) in [6, 6.07) is 0. The van der Waals surface area contributed by atoms with Gasteiger partial charge in [0.1, 0.15) is 5.60 Å². The fourth-order valence-corrected chi connectivity index (χ4v) is 1.71. The molecule has 2 aliphatic rings. The van der Waals surface area contributed by atoms with Gasteiger partial charge in [0.05, 0.1) is 0 Å². The van der Waals surface area contributed by atoms with Crippen LogP contribution >= 0.6 is 0 Å². The molecule has 1 amide bonds. The van der Waals surface area contributed by atoms with Crippen LogP contribution in [0, 0.1) is 5.41 Å². The lowest BCUT2D eigenvalue weighted by molar-refractivity contribution is -0.127. The summed E-state index contributed by atoms with van der Waals surface area (Å²) < 4.78 is 5.31. The van der Waals surface area contributed by atoms with Crippen molar-refractivity contribution in [1.29, 1.82) is 0 Å². The molecule has 2 rings (SSSR count). The molecule has 0 aromatic rings. The van der Waals surface area contributed by atoms with Gasteiger partial charge in [-0.05, 0) is 0 Å². The molecule has 4 heteroatoms. The second-order valence-corrected chi connectivity index (χ2v) is 4.22. The maximum absolute atomic E-state index is 11.0. The maximum atomic E-state index is 11.0. The zero-order valence-corrected chi connectivity index (χ0v) is 7.44. The minimum absolute atomic E-state index is 0.0339. The first-order chi connectivity index (χ1) is 5.56. The van der Waals surface area contributed by atoms with Crippen molar-refractivity contribution in [3.05, 3.63) is 0 Å². The van der Waals surface area contributed by atoms with Crippen LogP contribution in [0.5, 0.6) is 0 Å². The average molecular weight is 170 g/mol. The molecule has 0 saturated carbocycles. The first kappa shape index (κ1) is 7.86. The van der Waals surface area contributed by atoms with Gasteiger partial charge in [-0.15, -0.1) is 0 Å². The molecule has 0 unspecified atom stereocenters. The molecule has 2 heterocycles. The number of rotatable bonds is 0. The van der Waals surface area contributed by atoms with Crippen molar-refractivity contribution in [2.24, 2.45) is 5.41 Å². The first-order valence-electron chi connectivity index (χ1n) is 4.23. The van der Waals surface area contributed by atoms with Gasteiger partial charge < -0.3 is 15.4 Å². The minimum Gasteiger partial charge on any atom is -0.440 e. The SMILES string of the molecule is CC1(C)CNC(=O)OC12CNC2. The second kappa shape index (κ2) is 2.13.